The second-order valence-corrected chi connectivity index (χ2v) is 7.48. The van der Waals surface area contributed by atoms with Crippen molar-refractivity contribution in [3.05, 3.63) is 51.8 Å². The lowest BCUT2D eigenvalue weighted by molar-refractivity contribution is -0.112. The van der Waals surface area contributed by atoms with Crippen molar-refractivity contribution in [1.82, 2.24) is 4.57 Å². The van der Waals surface area contributed by atoms with Crippen molar-refractivity contribution in [2.45, 2.75) is 39.3 Å². The van der Waals surface area contributed by atoms with E-state index in [0.29, 0.717) is 16.5 Å². The molecule has 0 radical (unpaired) electrons. The van der Waals surface area contributed by atoms with E-state index in [9.17, 15) is 10.1 Å². The van der Waals surface area contributed by atoms with Gasteiger partial charge in [-0.25, -0.2) is 0 Å². The Kier molecular flexibility index (Phi) is 6.63. The number of aromatic nitrogens is 1. The Hall–Kier alpha value is -2.75. The first kappa shape index (κ1) is 21.0. The van der Waals surface area contributed by atoms with Crippen molar-refractivity contribution in [2.75, 3.05) is 19.0 Å². The summed E-state index contributed by atoms with van der Waals surface area (Å²) in [6.45, 7) is 5.59. The van der Waals surface area contributed by atoms with Crippen molar-refractivity contribution in [3.63, 3.8) is 0 Å². The summed E-state index contributed by atoms with van der Waals surface area (Å²) in [5.41, 5.74) is 3.32. The predicted octanol–water partition coefficient (Wildman–Crippen LogP) is 4.49. The van der Waals surface area contributed by atoms with E-state index in [2.05, 4.69) is 9.88 Å². The molecule has 0 unspecified atom stereocenters. The normalized spacial score (nSPS) is 16.5. The van der Waals surface area contributed by atoms with Crippen LogP contribution in [0.25, 0.3) is 6.08 Å². The molecule has 1 aliphatic rings. The van der Waals surface area contributed by atoms with Crippen molar-refractivity contribution in [2.24, 2.45) is 0 Å². The topological polar surface area (TPSA) is 76.3 Å². The van der Waals surface area contributed by atoms with Crippen molar-refractivity contribution < 1.29 is 14.3 Å². The van der Waals surface area contributed by atoms with Gasteiger partial charge in [0.25, 0.3) is 5.91 Å². The molecule has 1 aromatic heterocycles. The maximum atomic E-state index is 12.7. The van der Waals surface area contributed by atoms with Crippen LogP contribution in [0.2, 0.25) is 5.02 Å². The molecule has 1 N–H and O–H groups in total. The number of nitriles is 1. The highest BCUT2D eigenvalue weighted by Crippen LogP contribution is 2.28. The molecular formula is C22H24ClN3O3. The molecule has 1 aromatic carbocycles. The van der Waals surface area contributed by atoms with Gasteiger partial charge in [-0.2, -0.15) is 5.26 Å². The van der Waals surface area contributed by atoms with Gasteiger partial charge < -0.3 is 19.4 Å². The van der Waals surface area contributed by atoms with Crippen molar-refractivity contribution in [1.29, 1.82) is 5.26 Å². The fourth-order valence-electron chi connectivity index (χ4n) is 3.52. The summed E-state index contributed by atoms with van der Waals surface area (Å²) in [7, 11) is 1.50. The van der Waals surface area contributed by atoms with Gasteiger partial charge in [-0.1, -0.05) is 11.6 Å². The van der Waals surface area contributed by atoms with Crippen LogP contribution < -0.4 is 10.1 Å². The number of ether oxygens (including phenoxy) is 2. The molecular weight excluding hydrogens is 390 g/mol. The number of halogens is 1. The Balaban J connectivity index is 1.83. The molecule has 0 saturated carbocycles. The monoisotopic (exact) mass is 413 g/mol. The number of benzene rings is 1. The zero-order valence-electron chi connectivity index (χ0n) is 16.8. The lowest BCUT2D eigenvalue weighted by Gasteiger charge is -2.14. The van der Waals surface area contributed by atoms with Crippen LogP contribution in [0, 0.1) is 25.2 Å². The molecule has 152 valence electrons. The molecule has 0 spiro atoms. The number of methoxy groups -OCH3 is 1. The van der Waals surface area contributed by atoms with Crippen LogP contribution >= 0.6 is 11.6 Å². The third-order valence-electron chi connectivity index (χ3n) is 5.10. The third-order valence-corrected chi connectivity index (χ3v) is 5.33. The zero-order chi connectivity index (χ0) is 21.0. The van der Waals surface area contributed by atoms with Gasteiger partial charge in [-0.15, -0.1) is 0 Å². The quantitative estimate of drug-likeness (QED) is 0.559. The van der Waals surface area contributed by atoms with Gasteiger partial charge in [0.2, 0.25) is 0 Å². The molecule has 0 bridgehead atoms. The first-order chi connectivity index (χ1) is 13.9. The Morgan fingerprint density at radius 2 is 2.24 bits per heavy atom. The number of carbonyl (C=O) groups excluding carboxylic acids is 1. The van der Waals surface area contributed by atoms with E-state index < -0.39 is 5.91 Å². The first-order valence-electron chi connectivity index (χ1n) is 9.48. The number of hydrogen-bond donors (Lipinski definition) is 1. The third kappa shape index (κ3) is 4.81. The summed E-state index contributed by atoms with van der Waals surface area (Å²) >= 11 is 6.01. The van der Waals surface area contributed by atoms with Crippen LogP contribution in [0.4, 0.5) is 5.69 Å². The molecule has 1 aliphatic heterocycles. The van der Waals surface area contributed by atoms with Crippen LogP contribution in [0.15, 0.2) is 29.8 Å². The largest absolute Gasteiger partial charge is 0.495 e. The molecule has 2 aromatic rings. The predicted molar refractivity (Wildman–Crippen MR) is 113 cm³/mol. The minimum Gasteiger partial charge on any atom is -0.495 e. The van der Waals surface area contributed by atoms with E-state index in [1.54, 1.807) is 24.3 Å². The highest BCUT2D eigenvalue weighted by Gasteiger charge is 2.19. The number of anilines is 1. The first-order valence-corrected chi connectivity index (χ1v) is 9.85. The van der Waals surface area contributed by atoms with Crippen LogP contribution in [0.1, 0.15) is 29.8 Å². The summed E-state index contributed by atoms with van der Waals surface area (Å²) in [4.78, 5) is 12.7. The zero-order valence-corrected chi connectivity index (χ0v) is 17.5. The van der Waals surface area contributed by atoms with Gasteiger partial charge in [-0.05, 0) is 62.6 Å². The summed E-state index contributed by atoms with van der Waals surface area (Å²) in [5.74, 6) is -0.0493. The van der Waals surface area contributed by atoms with Gasteiger partial charge >= 0.3 is 0 Å². The molecule has 0 aliphatic carbocycles. The number of hydrogen-bond acceptors (Lipinski definition) is 4. The summed E-state index contributed by atoms with van der Waals surface area (Å²) < 4.78 is 13.2. The van der Waals surface area contributed by atoms with Crippen LogP contribution in [-0.2, 0) is 16.1 Å². The summed E-state index contributed by atoms with van der Waals surface area (Å²) in [6, 6.07) is 8.88. The number of nitrogens with one attached hydrogen (secondary N) is 1. The van der Waals surface area contributed by atoms with E-state index in [-0.39, 0.29) is 11.7 Å². The minimum atomic E-state index is -0.517. The second kappa shape index (κ2) is 9.17. The van der Waals surface area contributed by atoms with E-state index in [4.69, 9.17) is 21.1 Å². The average molecular weight is 414 g/mol. The van der Waals surface area contributed by atoms with Crippen molar-refractivity contribution in [3.8, 4) is 11.8 Å². The van der Waals surface area contributed by atoms with Crippen LogP contribution in [0.3, 0.4) is 0 Å². The molecule has 1 amide bonds. The lowest BCUT2D eigenvalue weighted by atomic mass is 10.1. The number of nitrogens with zero attached hydrogens (tertiary/aromatic N) is 2. The maximum absolute atomic E-state index is 12.7. The number of amides is 1. The Labute approximate surface area is 175 Å². The number of rotatable bonds is 6. The standard InChI is InChI=1S/C22H24ClN3O3/c1-14-9-16(15(2)26(14)13-19-5-4-8-29-19)10-17(12-24)22(27)25-20-11-18(23)6-7-21(20)28-3/h6-7,9-11,19H,4-5,8,13H2,1-3H3,(H,25,27)/b17-10+/t19-/m1/s1. The molecule has 6 nitrogen and oxygen atoms in total. The fraction of sp³-hybridized carbons (Fsp3) is 0.364. The molecule has 1 saturated heterocycles. The van der Waals surface area contributed by atoms with E-state index in [0.717, 1.165) is 42.9 Å². The van der Waals surface area contributed by atoms with E-state index in [1.807, 2.05) is 26.0 Å². The molecule has 1 atom stereocenters. The minimum absolute atomic E-state index is 0.00407. The smallest absolute Gasteiger partial charge is 0.266 e. The molecule has 1 fully saturated rings. The van der Waals surface area contributed by atoms with E-state index in [1.165, 1.54) is 7.11 Å². The van der Waals surface area contributed by atoms with Crippen LogP contribution in [0.5, 0.6) is 5.75 Å². The summed E-state index contributed by atoms with van der Waals surface area (Å²) in [5, 5.41) is 12.7. The van der Waals surface area contributed by atoms with Gasteiger partial charge in [0.1, 0.15) is 17.4 Å². The van der Waals surface area contributed by atoms with Gasteiger partial charge in [0, 0.05) is 29.6 Å². The average Bonchev–Trinajstić information content (AvgIpc) is 3.30. The summed E-state index contributed by atoms with van der Waals surface area (Å²) in [6.07, 6.45) is 3.96. The number of carbonyl (C=O) groups is 1. The maximum Gasteiger partial charge on any atom is 0.266 e. The Morgan fingerprint density at radius 3 is 2.90 bits per heavy atom. The lowest BCUT2D eigenvalue weighted by Crippen LogP contribution is -2.17. The Bertz CT molecular complexity index is 982. The second-order valence-electron chi connectivity index (χ2n) is 7.04. The fourth-order valence-corrected chi connectivity index (χ4v) is 3.69. The molecule has 2 heterocycles. The highest BCUT2D eigenvalue weighted by molar-refractivity contribution is 6.31. The number of aryl methyl sites for hydroxylation is 1. The van der Waals surface area contributed by atoms with Crippen molar-refractivity contribution >= 4 is 29.3 Å². The highest BCUT2D eigenvalue weighted by atomic mass is 35.5. The van der Waals surface area contributed by atoms with Gasteiger partial charge in [0.05, 0.1) is 18.9 Å². The molecule has 29 heavy (non-hydrogen) atoms. The molecule has 7 heteroatoms. The van der Waals surface area contributed by atoms with E-state index >= 15 is 0 Å². The molecule has 3 rings (SSSR count). The van der Waals surface area contributed by atoms with Gasteiger partial charge in [0.15, 0.2) is 0 Å². The van der Waals surface area contributed by atoms with Gasteiger partial charge in [-0.3, -0.25) is 4.79 Å². The Morgan fingerprint density at radius 1 is 1.45 bits per heavy atom. The van der Waals surface area contributed by atoms with Crippen LogP contribution in [-0.4, -0.2) is 30.3 Å². The SMILES string of the molecule is COc1ccc(Cl)cc1NC(=O)/C(C#N)=C/c1cc(C)n(C[C@H]2CCCO2)c1C.